The lowest BCUT2D eigenvalue weighted by Crippen LogP contribution is -2.24. The Morgan fingerprint density at radius 3 is 2.17 bits per heavy atom. The Hall–Kier alpha value is -2.10. The summed E-state index contributed by atoms with van der Waals surface area (Å²) in [5.74, 6) is -0.960. The number of rotatable bonds is 6. The predicted octanol–water partition coefficient (Wildman–Crippen LogP) is 4.62. The topological polar surface area (TPSA) is 52.6 Å². The second-order valence-electron chi connectivity index (χ2n) is 6.90. The fraction of sp³-hybridized carbons (Fsp3) is 0.500. The second kappa shape index (κ2) is 8.67. The number of hydrogen-bond donors (Lipinski definition) is 0. The van der Waals surface area contributed by atoms with Gasteiger partial charge in [-0.1, -0.05) is 58.4 Å². The molecule has 0 aliphatic heterocycles. The van der Waals surface area contributed by atoms with Gasteiger partial charge in [-0.05, 0) is 29.0 Å². The van der Waals surface area contributed by atoms with Gasteiger partial charge in [-0.3, -0.25) is 9.59 Å². The van der Waals surface area contributed by atoms with Crippen molar-refractivity contribution < 1.29 is 19.1 Å². The highest BCUT2D eigenvalue weighted by Crippen LogP contribution is 2.25. The average Bonchev–Trinajstić information content (AvgIpc) is 2.44. The van der Waals surface area contributed by atoms with E-state index in [1.54, 1.807) is 0 Å². The molecule has 0 N–H and O–H groups in total. The molecule has 0 aromatic heterocycles. The molecule has 1 aromatic rings. The maximum Gasteiger partial charge on any atom is 0.305 e. The molecule has 1 rings (SSSR count). The molecule has 4 heteroatoms. The molecular weight excluding hydrogens is 304 g/mol. The van der Waals surface area contributed by atoms with Gasteiger partial charge in [0.15, 0.2) is 0 Å². The Morgan fingerprint density at radius 1 is 1.12 bits per heavy atom. The van der Waals surface area contributed by atoms with Gasteiger partial charge in [0, 0.05) is 19.4 Å². The summed E-state index contributed by atoms with van der Waals surface area (Å²) in [5.41, 5.74) is 3.02. The Morgan fingerprint density at radius 2 is 1.71 bits per heavy atom. The third-order valence-electron chi connectivity index (χ3n) is 3.49. The van der Waals surface area contributed by atoms with Crippen molar-refractivity contribution in [2.45, 2.75) is 66.1 Å². The third-order valence-corrected chi connectivity index (χ3v) is 3.49. The monoisotopic (exact) mass is 332 g/mol. The van der Waals surface area contributed by atoms with E-state index in [0.29, 0.717) is 6.42 Å². The van der Waals surface area contributed by atoms with Gasteiger partial charge in [-0.2, -0.15) is 0 Å². The van der Waals surface area contributed by atoms with Crippen molar-refractivity contribution in [1.82, 2.24) is 0 Å². The Labute approximate surface area is 144 Å². The van der Waals surface area contributed by atoms with Gasteiger partial charge in [0.1, 0.15) is 0 Å². The third kappa shape index (κ3) is 6.57. The van der Waals surface area contributed by atoms with Crippen LogP contribution in [0, 0.1) is 0 Å². The van der Waals surface area contributed by atoms with Crippen LogP contribution in [0.1, 0.15) is 65.5 Å². The number of carbonyl (C=O) groups excluding carboxylic acids is 2. The SMILES string of the molecule is CCCC(=Cc1cccc(C(C)(C)C)c1)C(OC(C)=O)OC(C)=O. The average molecular weight is 332 g/mol. The second-order valence-corrected chi connectivity index (χ2v) is 6.90. The summed E-state index contributed by atoms with van der Waals surface area (Å²) < 4.78 is 10.4. The standard InChI is InChI=1S/C20H28O4/c1-7-9-17(19(23-14(2)21)24-15(3)22)12-16-10-8-11-18(13-16)20(4,5)6/h8,10-13,19H,7,9H2,1-6H3. The van der Waals surface area contributed by atoms with Crippen molar-refractivity contribution in [3.8, 4) is 0 Å². The van der Waals surface area contributed by atoms with Crippen molar-refractivity contribution in [3.05, 3.63) is 41.0 Å². The molecule has 0 amide bonds. The minimum Gasteiger partial charge on any atom is -0.421 e. The summed E-state index contributed by atoms with van der Waals surface area (Å²) in [6.45, 7) is 11.1. The minimum absolute atomic E-state index is 0.0416. The molecule has 0 saturated carbocycles. The molecule has 0 spiro atoms. The molecule has 0 fully saturated rings. The van der Waals surface area contributed by atoms with Crippen molar-refractivity contribution in [1.29, 1.82) is 0 Å². The van der Waals surface area contributed by atoms with E-state index in [1.807, 2.05) is 25.1 Å². The maximum atomic E-state index is 11.3. The molecule has 0 heterocycles. The van der Waals surface area contributed by atoms with E-state index >= 15 is 0 Å². The molecule has 0 aliphatic rings. The van der Waals surface area contributed by atoms with Gasteiger partial charge in [-0.15, -0.1) is 0 Å². The minimum atomic E-state index is -0.974. The van der Waals surface area contributed by atoms with Crippen LogP contribution in [-0.2, 0) is 24.5 Å². The zero-order valence-corrected chi connectivity index (χ0v) is 15.5. The van der Waals surface area contributed by atoms with Crippen LogP contribution in [0.25, 0.3) is 6.08 Å². The van der Waals surface area contributed by atoms with Crippen LogP contribution in [-0.4, -0.2) is 18.2 Å². The first-order chi connectivity index (χ1) is 11.1. The number of carbonyl (C=O) groups is 2. The van der Waals surface area contributed by atoms with Crippen LogP contribution in [0.3, 0.4) is 0 Å². The van der Waals surface area contributed by atoms with E-state index in [2.05, 4.69) is 32.9 Å². The summed E-state index contributed by atoms with van der Waals surface area (Å²) in [7, 11) is 0. The quantitative estimate of drug-likeness (QED) is 0.563. The smallest absolute Gasteiger partial charge is 0.305 e. The lowest BCUT2D eigenvalue weighted by molar-refractivity contribution is -0.178. The van der Waals surface area contributed by atoms with Crippen LogP contribution in [0.15, 0.2) is 29.8 Å². The van der Waals surface area contributed by atoms with E-state index in [9.17, 15) is 9.59 Å². The fourth-order valence-corrected chi connectivity index (χ4v) is 2.33. The Balaban J connectivity index is 3.22. The normalized spacial score (nSPS) is 12.2. The first-order valence-corrected chi connectivity index (χ1v) is 8.29. The lowest BCUT2D eigenvalue weighted by atomic mass is 9.86. The van der Waals surface area contributed by atoms with Crippen molar-refractivity contribution in [2.24, 2.45) is 0 Å². The molecule has 24 heavy (non-hydrogen) atoms. The number of hydrogen-bond acceptors (Lipinski definition) is 4. The lowest BCUT2D eigenvalue weighted by Gasteiger charge is -2.21. The highest BCUT2D eigenvalue weighted by Gasteiger charge is 2.21. The first kappa shape index (κ1) is 19.9. The van der Waals surface area contributed by atoms with Crippen LogP contribution >= 0.6 is 0 Å². The van der Waals surface area contributed by atoms with E-state index in [1.165, 1.54) is 19.4 Å². The summed E-state index contributed by atoms with van der Waals surface area (Å²) >= 11 is 0. The van der Waals surface area contributed by atoms with Gasteiger partial charge >= 0.3 is 11.9 Å². The number of ether oxygens (including phenoxy) is 2. The molecular formula is C20H28O4. The molecule has 4 nitrogen and oxygen atoms in total. The molecule has 0 bridgehead atoms. The summed E-state index contributed by atoms with van der Waals surface area (Å²) in [6, 6.07) is 8.19. The number of benzene rings is 1. The summed E-state index contributed by atoms with van der Waals surface area (Å²) in [6.07, 6.45) is 2.49. The van der Waals surface area contributed by atoms with Crippen LogP contribution in [0.4, 0.5) is 0 Å². The van der Waals surface area contributed by atoms with Gasteiger partial charge in [0.25, 0.3) is 6.29 Å². The van der Waals surface area contributed by atoms with Crippen LogP contribution in [0.5, 0.6) is 0 Å². The molecule has 0 unspecified atom stereocenters. The van der Waals surface area contributed by atoms with Gasteiger partial charge < -0.3 is 9.47 Å². The van der Waals surface area contributed by atoms with Crippen molar-refractivity contribution >= 4 is 18.0 Å². The molecule has 0 atom stereocenters. The van der Waals surface area contributed by atoms with E-state index in [0.717, 1.165) is 17.6 Å². The Bertz CT molecular complexity index is 592. The molecule has 1 aromatic carbocycles. The van der Waals surface area contributed by atoms with E-state index in [-0.39, 0.29) is 5.41 Å². The van der Waals surface area contributed by atoms with Crippen LogP contribution in [0.2, 0.25) is 0 Å². The van der Waals surface area contributed by atoms with Crippen molar-refractivity contribution in [3.63, 3.8) is 0 Å². The summed E-state index contributed by atoms with van der Waals surface area (Å²) in [4.78, 5) is 22.7. The van der Waals surface area contributed by atoms with Gasteiger partial charge in [0.05, 0.1) is 0 Å². The maximum absolute atomic E-state index is 11.3. The number of esters is 2. The van der Waals surface area contributed by atoms with Gasteiger partial charge in [0.2, 0.25) is 0 Å². The zero-order valence-electron chi connectivity index (χ0n) is 15.5. The fourth-order valence-electron chi connectivity index (χ4n) is 2.33. The molecule has 0 saturated heterocycles. The first-order valence-electron chi connectivity index (χ1n) is 8.29. The molecule has 0 radical (unpaired) electrons. The van der Waals surface area contributed by atoms with E-state index in [4.69, 9.17) is 9.47 Å². The largest absolute Gasteiger partial charge is 0.421 e. The van der Waals surface area contributed by atoms with Gasteiger partial charge in [-0.25, -0.2) is 0 Å². The van der Waals surface area contributed by atoms with E-state index < -0.39 is 18.2 Å². The highest BCUT2D eigenvalue weighted by molar-refractivity contribution is 5.69. The predicted molar refractivity (Wildman–Crippen MR) is 95.3 cm³/mol. The Kier molecular flexibility index (Phi) is 7.20. The highest BCUT2D eigenvalue weighted by atomic mass is 16.7. The summed E-state index contributed by atoms with van der Waals surface area (Å²) in [5, 5.41) is 0. The molecule has 132 valence electrons. The zero-order chi connectivity index (χ0) is 18.3. The molecule has 0 aliphatic carbocycles. The van der Waals surface area contributed by atoms with Crippen LogP contribution < -0.4 is 0 Å². The van der Waals surface area contributed by atoms with Crippen molar-refractivity contribution in [2.75, 3.05) is 0 Å².